The minimum Gasteiger partial charge on any atom is -0.457 e. The van der Waals surface area contributed by atoms with Gasteiger partial charge < -0.3 is 9.64 Å². The van der Waals surface area contributed by atoms with Gasteiger partial charge in [-0.05, 0) is 24.1 Å². The van der Waals surface area contributed by atoms with Crippen molar-refractivity contribution < 1.29 is 4.74 Å². The molecule has 1 aliphatic rings. The third-order valence-corrected chi connectivity index (χ3v) is 4.34. The van der Waals surface area contributed by atoms with Crippen molar-refractivity contribution in [3.8, 4) is 11.5 Å². The van der Waals surface area contributed by atoms with Crippen LogP contribution in [0.5, 0.6) is 11.5 Å². The standard InChI is InChI=1S/C21H27N2O/c1-18(2)16-22-12-14-23(15-13-22)17-19-8-6-7-11-21(19)24-20-9-4-3-5-10-20/h3-11H,12-17H2,1-2H3. The van der Waals surface area contributed by atoms with E-state index in [1.165, 1.54) is 11.5 Å². The molecular weight excluding hydrogens is 296 g/mol. The molecule has 1 radical (unpaired) electrons. The maximum absolute atomic E-state index is 6.08. The van der Waals surface area contributed by atoms with Crippen molar-refractivity contribution in [2.75, 3.05) is 32.7 Å². The zero-order valence-electron chi connectivity index (χ0n) is 14.7. The summed E-state index contributed by atoms with van der Waals surface area (Å²) in [5, 5.41) is 0. The van der Waals surface area contributed by atoms with Crippen molar-refractivity contribution in [2.24, 2.45) is 0 Å². The Balaban J connectivity index is 1.60. The molecule has 2 aromatic carbocycles. The van der Waals surface area contributed by atoms with Crippen LogP contribution >= 0.6 is 0 Å². The van der Waals surface area contributed by atoms with Gasteiger partial charge in [0.1, 0.15) is 11.5 Å². The first-order chi connectivity index (χ1) is 11.7. The third kappa shape index (κ3) is 4.83. The fourth-order valence-corrected chi connectivity index (χ4v) is 3.14. The molecule has 0 atom stereocenters. The van der Waals surface area contributed by atoms with E-state index in [0.29, 0.717) is 0 Å². The van der Waals surface area contributed by atoms with Crippen molar-refractivity contribution in [3.63, 3.8) is 0 Å². The lowest BCUT2D eigenvalue weighted by Gasteiger charge is -2.35. The fraction of sp³-hybridized carbons (Fsp3) is 0.381. The number of hydrogen-bond acceptors (Lipinski definition) is 3. The molecular formula is C21H27N2O. The lowest BCUT2D eigenvalue weighted by atomic mass is 10.1. The molecule has 3 nitrogen and oxygen atoms in total. The summed E-state index contributed by atoms with van der Waals surface area (Å²) < 4.78 is 6.08. The second-order valence-corrected chi connectivity index (χ2v) is 6.78. The zero-order valence-corrected chi connectivity index (χ0v) is 14.7. The van der Waals surface area contributed by atoms with Gasteiger partial charge in [0.05, 0.1) is 0 Å². The summed E-state index contributed by atoms with van der Waals surface area (Å²) in [6.07, 6.45) is 0. The van der Waals surface area contributed by atoms with Crippen LogP contribution in [0.1, 0.15) is 19.4 Å². The summed E-state index contributed by atoms with van der Waals surface area (Å²) >= 11 is 0. The van der Waals surface area contributed by atoms with Gasteiger partial charge in [0.2, 0.25) is 0 Å². The van der Waals surface area contributed by atoms with Gasteiger partial charge in [0.25, 0.3) is 0 Å². The van der Waals surface area contributed by atoms with Crippen molar-refractivity contribution in [1.82, 2.24) is 9.80 Å². The van der Waals surface area contributed by atoms with E-state index in [-0.39, 0.29) is 0 Å². The first-order valence-electron chi connectivity index (χ1n) is 8.75. The van der Waals surface area contributed by atoms with Crippen molar-refractivity contribution >= 4 is 0 Å². The van der Waals surface area contributed by atoms with Gasteiger partial charge in [-0.1, -0.05) is 50.2 Å². The van der Waals surface area contributed by atoms with Crippen LogP contribution in [0, 0.1) is 5.92 Å². The maximum Gasteiger partial charge on any atom is 0.131 e. The summed E-state index contributed by atoms with van der Waals surface area (Å²) in [6, 6.07) is 18.4. The van der Waals surface area contributed by atoms with Crippen LogP contribution in [0.2, 0.25) is 0 Å². The highest BCUT2D eigenvalue weighted by Crippen LogP contribution is 2.26. The number of nitrogens with zero attached hydrogens (tertiary/aromatic N) is 2. The maximum atomic E-state index is 6.08. The minimum atomic E-state index is 0.892. The van der Waals surface area contributed by atoms with E-state index in [1.54, 1.807) is 0 Å². The Morgan fingerprint density at radius 1 is 0.833 bits per heavy atom. The average molecular weight is 323 g/mol. The topological polar surface area (TPSA) is 15.7 Å². The van der Waals surface area contributed by atoms with Crippen LogP contribution in [-0.4, -0.2) is 42.5 Å². The first-order valence-corrected chi connectivity index (χ1v) is 8.75. The van der Waals surface area contributed by atoms with Gasteiger partial charge in [-0.3, -0.25) is 4.90 Å². The molecule has 1 fully saturated rings. The molecule has 3 rings (SSSR count). The third-order valence-electron chi connectivity index (χ3n) is 4.34. The monoisotopic (exact) mass is 323 g/mol. The molecule has 0 aromatic heterocycles. The van der Waals surface area contributed by atoms with Crippen LogP contribution in [0.25, 0.3) is 0 Å². The van der Waals surface area contributed by atoms with Crippen molar-refractivity contribution in [3.05, 3.63) is 66.1 Å². The molecule has 2 aromatic rings. The van der Waals surface area contributed by atoms with Crippen molar-refractivity contribution in [1.29, 1.82) is 0 Å². The van der Waals surface area contributed by atoms with E-state index in [9.17, 15) is 0 Å². The second-order valence-electron chi connectivity index (χ2n) is 6.78. The Hall–Kier alpha value is -1.84. The Morgan fingerprint density at radius 3 is 2.17 bits per heavy atom. The summed E-state index contributed by atoms with van der Waals surface area (Å²) in [4.78, 5) is 5.06. The minimum absolute atomic E-state index is 0.892. The Labute approximate surface area is 145 Å². The van der Waals surface area contributed by atoms with Gasteiger partial charge in [0, 0.05) is 44.8 Å². The number of piperazine rings is 1. The van der Waals surface area contributed by atoms with Gasteiger partial charge in [-0.15, -0.1) is 0 Å². The van der Waals surface area contributed by atoms with E-state index in [1.807, 2.05) is 36.4 Å². The molecule has 0 aliphatic carbocycles. The van der Waals surface area contributed by atoms with Gasteiger partial charge in [0.15, 0.2) is 0 Å². The van der Waals surface area contributed by atoms with Gasteiger partial charge in [-0.2, -0.15) is 0 Å². The lowest BCUT2D eigenvalue weighted by molar-refractivity contribution is 0.130. The molecule has 1 saturated heterocycles. The Morgan fingerprint density at radius 2 is 1.46 bits per heavy atom. The van der Waals surface area contributed by atoms with Gasteiger partial charge >= 0.3 is 0 Å². The lowest BCUT2D eigenvalue weighted by Crippen LogP contribution is -2.46. The molecule has 3 heteroatoms. The fourth-order valence-electron chi connectivity index (χ4n) is 3.14. The summed E-state index contributed by atoms with van der Waals surface area (Å²) in [5.74, 6) is 3.35. The number of hydrogen-bond donors (Lipinski definition) is 0. The van der Waals surface area contributed by atoms with E-state index in [4.69, 9.17) is 4.74 Å². The highest BCUT2D eigenvalue weighted by molar-refractivity contribution is 5.37. The first kappa shape index (κ1) is 17.0. The smallest absolute Gasteiger partial charge is 0.131 e. The van der Waals surface area contributed by atoms with Gasteiger partial charge in [-0.25, -0.2) is 0 Å². The van der Waals surface area contributed by atoms with Crippen LogP contribution in [-0.2, 0) is 6.54 Å². The summed E-state index contributed by atoms with van der Waals surface area (Å²) in [5.41, 5.74) is 1.26. The van der Waals surface area contributed by atoms with Crippen LogP contribution in [0.4, 0.5) is 0 Å². The molecule has 1 aliphatic heterocycles. The molecule has 0 unspecified atom stereocenters. The zero-order chi connectivity index (χ0) is 16.8. The molecule has 0 N–H and O–H groups in total. The van der Waals surface area contributed by atoms with Crippen LogP contribution < -0.4 is 4.74 Å². The van der Waals surface area contributed by atoms with Crippen LogP contribution in [0.3, 0.4) is 0 Å². The molecule has 0 bridgehead atoms. The number of ether oxygens (including phenoxy) is 1. The highest BCUT2D eigenvalue weighted by atomic mass is 16.5. The molecule has 24 heavy (non-hydrogen) atoms. The van der Waals surface area contributed by atoms with E-state index in [2.05, 4.69) is 41.8 Å². The quantitative estimate of drug-likeness (QED) is 0.792. The predicted octanol–water partition coefficient (Wildman–Crippen LogP) is 4.21. The SMILES string of the molecule is C[C](C)CN1CCN(Cc2ccccc2Oc2ccccc2)CC1. The normalized spacial score (nSPS) is 16.5. The molecule has 1 heterocycles. The number of rotatable bonds is 6. The molecule has 0 amide bonds. The summed E-state index contributed by atoms with van der Waals surface area (Å²) in [6.45, 7) is 11.0. The van der Waals surface area contributed by atoms with E-state index in [0.717, 1.165) is 50.8 Å². The molecule has 0 spiro atoms. The predicted molar refractivity (Wildman–Crippen MR) is 99.3 cm³/mol. The average Bonchev–Trinajstić information content (AvgIpc) is 2.59. The highest BCUT2D eigenvalue weighted by Gasteiger charge is 2.18. The number of benzene rings is 2. The van der Waals surface area contributed by atoms with E-state index < -0.39 is 0 Å². The Kier molecular flexibility index (Phi) is 5.89. The van der Waals surface area contributed by atoms with E-state index >= 15 is 0 Å². The van der Waals surface area contributed by atoms with Crippen molar-refractivity contribution in [2.45, 2.75) is 20.4 Å². The largest absolute Gasteiger partial charge is 0.457 e. The van der Waals surface area contributed by atoms with Crippen LogP contribution in [0.15, 0.2) is 54.6 Å². The summed E-state index contributed by atoms with van der Waals surface area (Å²) in [7, 11) is 0. The number of para-hydroxylation sites is 2. The molecule has 127 valence electrons. The Bertz CT molecular complexity index is 619. The molecule has 0 saturated carbocycles. The second kappa shape index (κ2) is 8.32.